The molecule has 2 aromatic carbocycles. The van der Waals surface area contributed by atoms with Gasteiger partial charge >= 0.3 is 5.97 Å². The van der Waals surface area contributed by atoms with Gasteiger partial charge in [-0.15, -0.1) is 0 Å². The van der Waals surface area contributed by atoms with E-state index in [1.54, 1.807) is 24.3 Å². The van der Waals surface area contributed by atoms with Crippen molar-refractivity contribution in [2.45, 2.75) is 12.5 Å². The molecule has 8 nitrogen and oxygen atoms in total. The van der Waals surface area contributed by atoms with Gasteiger partial charge < -0.3 is 9.47 Å². The molecule has 0 bridgehead atoms. The first-order valence-corrected chi connectivity index (χ1v) is 10.6. The Hall–Kier alpha value is -3.07. The zero-order valence-electron chi connectivity index (χ0n) is 17.2. The zero-order valence-corrected chi connectivity index (χ0v) is 17.9. The van der Waals surface area contributed by atoms with E-state index in [0.717, 1.165) is 4.90 Å². The molecule has 0 aromatic heterocycles. The number of halogens is 1. The van der Waals surface area contributed by atoms with Crippen LogP contribution in [0.4, 0.5) is 5.69 Å². The third-order valence-corrected chi connectivity index (χ3v) is 5.81. The standard InChI is InChI=1S/C23H21ClN2O6/c24-18-4-2-1-3-17(18)20(27)14-32-23(30)15-5-7-16(8-6-15)26-21(28)13-19(22(26)29)25-9-11-31-12-10-25/h1-8,19H,9-14H2. The van der Waals surface area contributed by atoms with E-state index in [4.69, 9.17) is 21.1 Å². The topological polar surface area (TPSA) is 93.2 Å². The van der Waals surface area contributed by atoms with Crippen molar-refractivity contribution >= 4 is 40.9 Å². The summed E-state index contributed by atoms with van der Waals surface area (Å²) < 4.78 is 10.4. The van der Waals surface area contributed by atoms with Gasteiger partial charge in [0.25, 0.3) is 5.91 Å². The minimum atomic E-state index is -0.692. The second-order valence-electron chi connectivity index (χ2n) is 7.46. The quantitative estimate of drug-likeness (QED) is 0.374. The van der Waals surface area contributed by atoms with Gasteiger partial charge in [-0.25, -0.2) is 9.69 Å². The molecule has 1 unspecified atom stereocenters. The number of hydrogen-bond acceptors (Lipinski definition) is 7. The minimum absolute atomic E-state index is 0.118. The maximum atomic E-state index is 12.9. The number of hydrogen-bond donors (Lipinski definition) is 0. The van der Waals surface area contributed by atoms with Crippen LogP contribution in [0.5, 0.6) is 0 Å². The summed E-state index contributed by atoms with van der Waals surface area (Å²) in [5.41, 5.74) is 0.863. The van der Waals surface area contributed by atoms with Crippen LogP contribution in [0.25, 0.3) is 0 Å². The van der Waals surface area contributed by atoms with Gasteiger partial charge in [0.2, 0.25) is 11.7 Å². The minimum Gasteiger partial charge on any atom is -0.454 e. The predicted molar refractivity (Wildman–Crippen MR) is 116 cm³/mol. The number of morpholine rings is 1. The second-order valence-corrected chi connectivity index (χ2v) is 7.87. The van der Waals surface area contributed by atoms with Crippen LogP contribution in [-0.2, 0) is 19.1 Å². The number of rotatable bonds is 6. The van der Waals surface area contributed by atoms with Crippen LogP contribution < -0.4 is 4.90 Å². The van der Waals surface area contributed by atoms with Crippen molar-refractivity contribution in [2.75, 3.05) is 37.8 Å². The molecule has 0 N–H and O–H groups in total. The fourth-order valence-corrected chi connectivity index (χ4v) is 4.03. The lowest BCUT2D eigenvalue weighted by atomic mass is 10.1. The lowest BCUT2D eigenvalue weighted by molar-refractivity contribution is -0.123. The van der Waals surface area contributed by atoms with Gasteiger partial charge in [-0.3, -0.25) is 19.3 Å². The fraction of sp³-hybridized carbons (Fsp3) is 0.304. The van der Waals surface area contributed by atoms with Gasteiger partial charge in [0.15, 0.2) is 6.61 Å². The van der Waals surface area contributed by atoms with E-state index < -0.39 is 24.4 Å². The number of esters is 1. The Morgan fingerprint density at radius 2 is 1.72 bits per heavy atom. The molecule has 2 saturated heterocycles. The van der Waals surface area contributed by atoms with Crippen LogP contribution in [0.1, 0.15) is 27.1 Å². The van der Waals surface area contributed by atoms with E-state index in [-0.39, 0.29) is 34.4 Å². The Kier molecular flexibility index (Phi) is 6.64. The maximum Gasteiger partial charge on any atom is 0.338 e. The molecule has 2 aliphatic heterocycles. The number of imide groups is 1. The summed E-state index contributed by atoms with van der Waals surface area (Å²) in [6, 6.07) is 12.0. The molecule has 0 radical (unpaired) electrons. The van der Waals surface area contributed by atoms with Gasteiger partial charge in [-0.2, -0.15) is 0 Å². The largest absolute Gasteiger partial charge is 0.454 e. The fourth-order valence-electron chi connectivity index (χ4n) is 3.79. The van der Waals surface area contributed by atoms with E-state index in [2.05, 4.69) is 0 Å². The SMILES string of the molecule is O=C(OCC(=O)c1ccccc1Cl)c1ccc(N2C(=O)CC(N3CCOCC3)C2=O)cc1. The molecular formula is C23H21ClN2O6. The zero-order chi connectivity index (χ0) is 22.7. The Labute approximate surface area is 189 Å². The van der Waals surface area contributed by atoms with Crippen LogP contribution in [0.3, 0.4) is 0 Å². The van der Waals surface area contributed by atoms with Crippen molar-refractivity contribution < 1.29 is 28.7 Å². The normalized spacial score (nSPS) is 19.3. The first-order valence-electron chi connectivity index (χ1n) is 10.2. The number of amides is 2. The molecule has 1 atom stereocenters. The molecule has 2 fully saturated rings. The van der Waals surface area contributed by atoms with Gasteiger partial charge in [0.05, 0.1) is 41.9 Å². The molecule has 9 heteroatoms. The summed E-state index contributed by atoms with van der Waals surface area (Å²) in [6.07, 6.45) is 0.118. The number of benzene rings is 2. The Morgan fingerprint density at radius 3 is 2.41 bits per heavy atom. The summed E-state index contributed by atoms with van der Waals surface area (Å²) >= 11 is 5.98. The van der Waals surface area contributed by atoms with Crippen molar-refractivity contribution in [3.05, 3.63) is 64.7 Å². The van der Waals surface area contributed by atoms with Gasteiger partial charge in [-0.05, 0) is 36.4 Å². The van der Waals surface area contributed by atoms with Crippen molar-refractivity contribution in [3.8, 4) is 0 Å². The second kappa shape index (κ2) is 9.60. The van der Waals surface area contributed by atoms with Gasteiger partial charge in [0.1, 0.15) is 0 Å². The molecule has 0 saturated carbocycles. The van der Waals surface area contributed by atoms with E-state index in [9.17, 15) is 19.2 Å². The molecule has 32 heavy (non-hydrogen) atoms. The first-order chi connectivity index (χ1) is 15.5. The lowest BCUT2D eigenvalue weighted by Gasteiger charge is -2.30. The molecule has 2 amide bonds. The molecule has 2 aliphatic rings. The third-order valence-electron chi connectivity index (χ3n) is 5.48. The molecule has 0 spiro atoms. The number of Topliss-reactive ketones (excluding diaryl/α,β-unsaturated/α-hetero) is 1. The average molecular weight is 457 g/mol. The molecule has 2 aromatic rings. The third kappa shape index (κ3) is 4.57. The number of carbonyl (C=O) groups excluding carboxylic acids is 4. The Balaban J connectivity index is 1.38. The monoisotopic (exact) mass is 456 g/mol. The van der Waals surface area contributed by atoms with Crippen molar-refractivity contribution in [3.63, 3.8) is 0 Å². The first kappa shape index (κ1) is 22.1. The van der Waals surface area contributed by atoms with Crippen LogP contribution in [0.2, 0.25) is 5.02 Å². The number of ketones is 1. The highest BCUT2D eigenvalue weighted by molar-refractivity contribution is 6.34. The Morgan fingerprint density at radius 1 is 1.03 bits per heavy atom. The predicted octanol–water partition coefficient (Wildman–Crippen LogP) is 2.34. The van der Waals surface area contributed by atoms with E-state index in [1.807, 2.05) is 4.90 Å². The van der Waals surface area contributed by atoms with Crippen molar-refractivity contribution in [1.29, 1.82) is 0 Å². The van der Waals surface area contributed by atoms with E-state index >= 15 is 0 Å². The molecule has 4 rings (SSSR count). The highest BCUT2D eigenvalue weighted by Crippen LogP contribution is 2.26. The molecular weight excluding hydrogens is 436 g/mol. The number of ether oxygens (including phenoxy) is 2. The van der Waals surface area contributed by atoms with E-state index in [0.29, 0.717) is 32.0 Å². The molecule has 2 heterocycles. The van der Waals surface area contributed by atoms with Crippen molar-refractivity contribution in [1.82, 2.24) is 4.90 Å². The summed E-state index contributed by atoms with van der Waals surface area (Å²) in [7, 11) is 0. The summed E-state index contributed by atoms with van der Waals surface area (Å²) in [6.45, 7) is 1.83. The summed E-state index contributed by atoms with van der Waals surface area (Å²) in [5, 5.41) is 0.285. The summed E-state index contributed by atoms with van der Waals surface area (Å²) in [5.74, 6) is -1.67. The Bertz CT molecular complexity index is 1050. The highest BCUT2D eigenvalue weighted by atomic mass is 35.5. The average Bonchev–Trinajstić information content (AvgIpc) is 3.12. The summed E-state index contributed by atoms with van der Waals surface area (Å²) in [4.78, 5) is 53.0. The van der Waals surface area contributed by atoms with Crippen LogP contribution in [-0.4, -0.2) is 67.4 Å². The van der Waals surface area contributed by atoms with E-state index in [1.165, 1.54) is 24.3 Å². The lowest BCUT2D eigenvalue weighted by Crippen LogP contribution is -2.47. The maximum absolute atomic E-state index is 12.9. The number of nitrogens with zero attached hydrogens (tertiary/aromatic N) is 2. The number of anilines is 1. The highest BCUT2D eigenvalue weighted by Gasteiger charge is 2.43. The van der Waals surface area contributed by atoms with Gasteiger partial charge in [-0.1, -0.05) is 23.7 Å². The van der Waals surface area contributed by atoms with Crippen molar-refractivity contribution in [2.24, 2.45) is 0 Å². The number of carbonyl (C=O) groups is 4. The smallest absolute Gasteiger partial charge is 0.338 e. The van der Waals surface area contributed by atoms with Gasteiger partial charge in [0, 0.05) is 18.7 Å². The molecule has 0 aliphatic carbocycles. The van der Waals surface area contributed by atoms with Crippen LogP contribution in [0, 0.1) is 0 Å². The molecule has 166 valence electrons. The van der Waals surface area contributed by atoms with Crippen LogP contribution in [0.15, 0.2) is 48.5 Å². The van der Waals surface area contributed by atoms with Crippen LogP contribution >= 0.6 is 11.6 Å².